The molecule has 3 aliphatic heterocycles. The van der Waals surface area contributed by atoms with Crippen molar-refractivity contribution in [1.82, 2.24) is 24.7 Å². The Morgan fingerprint density at radius 2 is 1.05 bits per heavy atom. The van der Waals surface area contributed by atoms with Crippen molar-refractivity contribution in [2.24, 2.45) is 10.2 Å². The number of likely N-dealkylation sites (N-methyl/N-ethyl adjacent to an activating group) is 1. The monoisotopic (exact) mass is 815 g/mol. The zero-order valence-electron chi connectivity index (χ0n) is 31.8. The van der Waals surface area contributed by atoms with Crippen LogP contribution in [0.2, 0.25) is 10.0 Å². The molecule has 0 N–H and O–H groups in total. The highest BCUT2D eigenvalue weighted by Crippen LogP contribution is 2.25. The fourth-order valence-corrected chi connectivity index (χ4v) is 7.37. The molecule has 0 bridgehead atoms. The fraction of sp³-hybridized carbons (Fsp3) is 0.366. The van der Waals surface area contributed by atoms with Crippen LogP contribution in [0.3, 0.4) is 0 Å². The fourth-order valence-electron chi connectivity index (χ4n) is 7.12. The number of furan rings is 2. The third-order valence-corrected chi connectivity index (χ3v) is 11.1. The first-order valence-corrected chi connectivity index (χ1v) is 19.9. The second-order valence-electron chi connectivity index (χ2n) is 14.7. The summed E-state index contributed by atoms with van der Waals surface area (Å²) in [6.07, 6.45) is 6.09. The summed E-state index contributed by atoms with van der Waals surface area (Å²) in [6.45, 7) is 6.30. The minimum absolute atomic E-state index is 0.0957. The van der Waals surface area contributed by atoms with Crippen molar-refractivity contribution >= 4 is 59.5 Å². The number of unbranched alkanes of at least 4 members (excludes halogenated alkanes) is 2. The molecule has 3 fully saturated rings. The Bertz CT molecular complexity index is 2120. The maximum atomic E-state index is 13.0. The van der Waals surface area contributed by atoms with Gasteiger partial charge in [-0.15, -0.1) is 0 Å². The summed E-state index contributed by atoms with van der Waals surface area (Å²) in [7, 11) is 2.26. The van der Waals surface area contributed by atoms with Gasteiger partial charge in [-0.25, -0.2) is 19.6 Å². The molecule has 57 heavy (non-hydrogen) atoms. The summed E-state index contributed by atoms with van der Waals surface area (Å²) in [5.41, 5.74) is 1.74. The topological polar surface area (TPSA) is 135 Å². The first-order chi connectivity index (χ1) is 27.5. The number of rotatable bonds is 16. The van der Waals surface area contributed by atoms with Gasteiger partial charge in [0.1, 0.15) is 36.1 Å². The smallest absolute Gasteiger partial charge is 0.347 e. The Morgan fingerprint density at radius 1 is 0.614 bits per heavy atom. The van der Waals surface area contributed by atoms with E-state index in [1.54, 1.807) is 36.4 Å². The summed E-state index contributed by atoms with van der Waals surface area (Å²) >= 11 is 11.9. The molecule has 2 aromatic carbocycles. The molecule has 16 heteroatoms. The van der Waals surface area contributed by atoms with E-state index in [1.165, 1.54) is 32.2 Å². The maximum Gasteiger partial charge on any atom is 0.347 e. The second-order valence-corrected chi connectivity index (χ2v) is 15.6. The van der Waals surface area contributed by atoms with E-state index in [0.29, 0.717) is 52.6 Å². The van der Waals surface area contributed by atoms with Crippen LogP contribution >= 0.6 is 23.2 Å². The van der Waals surface area contributed by atoms with Gasteiger partial charge in [-0.1, -0.05) is 23.2 Å². The Balaban J connectivity index is 0.768. The number of halogens is 2. The molecule has 7 rings (SSSR count). The highest BCUT2D eigenvalue weighted by molar-refractivity contribution is 6.30. The lowest BCUT2D eigenvalue weighted by molar-refractivity contribution is -0.913. The number of amides is 6. The minimum atomic E-state index is -0.425. The molecule has 6 amide bonds. The van der Waals surface area contributed by atoms with E-state index in [9.17, 15) is 19.2 Å². The van der Waals surface area contributed by atoms with Gasteiger partial charge in [0, 0.05) is 47.4 Å². The highest BCUT2D eigenvalue weighted by atomic mass is 35.5. The van der Waals surface area contributed by atoms with Gasteiger partial charge in [0.15, 0.2) is 0 Å². The molecule has 3 saturated heterocycles. The van der Waals surface area contributed by atoms with E-state index in [0.717, 1.165) is 74.1 Å². The van der Waals surface area contributed by atoms with Gasteiger partial charge in [-0.05, 0) is 105 Å². The van der Waals surface area contributed by atoms with Crippen molar-refractivity contribution in [2.45, 2.75) is 25.7 Å². The van der Waals surface area contributed by atoms with Crippen molar-refractivity contribution in [2.75, 3.05) is 72.5 Å². The van der Waals surface area contributed by atoms with E-state index in [2.05, 4.69) is 22.2 Å². The number of carbonyl (C=O) groups is 4. The molecule has 4 aromatic rings. The number of piperazine rings is 1. The summed E-state index contributed by atoms with van der Waals surface area (Å²) in [4.78, 5) is 56.2. The molecule has 0 saturated carbocycles. The lowest BCUT2D eigenvalue weighted by Crippen LogP contribution is -2.57. The third-order valence-electron chi connectivity index (χ3n) is 10.6. The first-order valence-electron chi connectivity index (χ1n) is 19.1. The van der Waals surface area contributed by atoms with Crippen LogP contribution < -0.4 is 0 Å². The Hall–Kier alpha value is -5.28. The van der Waals surface area contributed by atoms with Gasteiger partial charge in [-0.3, -0.25) is 24.3 Å². The predicted molar refractivity (Wildman–Crippen MR) is 217 cm³/mol. The molecule has 0 radical (unpaired) electrons. The van der Waals surface area contributed by atoms with E-state index >= 15 is 0 Å². The Morgan fingerprint density at radius 3 is 1.53 bits per heavy atom. The van der Waals surface area contributed by atoms with Crippen LogP contribution in [0.4, 0.5) is 9.59 Å². The van der Waals surface area contributed by atoms with Crippen LogP contribution in [0.5, 0.6) is 0 Å². The number of benzene rings is 2. The quantitative estimate of drug-likeness (QED) is 0.0530. The second kappa shape index (κ2) is 17.9. The number of hydrogen-bond acceptors (Lipinski definition) is 9. The highest BCUT2D eigenvalue weighted by Gasteiger charge is 2.37. The van der Waals surface area contributed by atoms with Gasteiger partial charge >= 0.3 is 12.1 Å². The molecule has 0 spiro atoms. The standard InChI is InChI=1S/C41H45Cl2N8O6/c1-51(23-5-4-20-48-39(53)29-50(41(48)55)45-27-35-15-17-37(57-35)31-8-12-33(43)13-9-31)24-21-46(22-25-51)18-2-3-19-47-38(52)28-49(40(47)54)44-26-34-14-16-36(56-34)30-6-10-32(42)11-7-30/h6-17,26-27H,2-5,18-25,28-29H2,1H3/q+1/b44-26+,45-27+. The number of carbonyl (C=O) groups excluding carboxylic acids is 4. The summed E-state index contributed by atoms with van der Waals surface area (Å²) in [5.74, 6) is 1.72. The van der Waals surface area contributed by atoms with Crippen molar-refractivity contribution in [3.8, 4) is 22.6 Å². The van der Waals surface area contributed by atoms with E-state index in [-0.39, 0.29) is 24.9 Å². The largest absolute Gasteiger partial charge is 0.455 e. The Labute approximate surface area is 341 Å². The van der Waals surface area contributed by atoms with Gasteiger partial charge in [0.25, 0.3) is 11.8 Å². The summed E-state index contributed by atoms with van der Waals surface area (Å²) < 4.78 is 12.6. The van der Waals surface area contributed by atoms with Crippen molar-refractivity contribution in [3.05, 3.63) is 94.4 Å². The van der Waals surface area contributed by atoms with Gasteiger partial charge in [0.2, 0.25) is 0 Å². The molecule has 5 heterocycles. The Kier molecular flexibility index (Phi) is 12.5. The van der Waals surface area contributed by atoms with E-state index in [1.807, 2.05) is 36.4 Å². The average molecular weight is 817 g/mol. The maximum absolute atomic E-state index is 13.0. The van der Waals surface area contributed by atoms with Crippen molar-refractivity contribution < 1.29 is 32.5 Å². The molecular weight excluding hydrogens is 771 g/mol. The van der Waals surface area contributed by atoms with Crippen molar-refractivity contribution in [1.29, 1.82) is 0 Å². The lowest BCUT2D eigenvalue weighted by Gasteiger charge is -2.42. The summed E-state index contributed by atoms with van der Waals surface area (Å²) in [5, 5.41) is 12.1. The van der Waals surface area contributed by atoms with Gasteiger partial charge in [0.05, 0.1) is 39.1 Å². The SMILES string of the molecule is C[N+]1(CCCCN2C(=O)CN(/N=C/c3ccc(-c4ccc(Cl)cc4)o3)C2=O)CCN(CCCCN2C(=O)CN(/N=C/c3ccc(-c4ccc(Cl)cc4)o3)C2=O)CC1. The van der Waals surface area contributed by atoms with E-state index < -0.39 is 12.1 Å². The number of quaternary nitrogens is 1. The average Bonchev–Trinajstić information content (AvgIpc) is 3.99. The first kappa shape index (κ1) is 39.9. The van der Waals surface area contributed by atoms with E-state index in [4.69, 9.17) is 32.0 Å². The van der Waals surface area contributed by atoms with Crippen LogP contribution in [-0.2, 0) is 9.59 Å². The van der Waals surface area contributed by atoms with Crippen LogP contribution in [0.15, 0.2) is 91.8 Å². The number of nitrogens with zero attached hydrogens (tertiary/aromatic N) is 8. The van der Waals surface area contributed by atoms with Crippen LogP contribution in [0.25, 0.3) is 22.6 Å². The molecular formula is C41H45Cl2N8O6+. The zero-order valence-corrected chi connectivity index (χ0v) is 33.3. The predicted octanol–water partition coefficient (Wildman–Crippen LogP) is 6.73. The molecule has 0 aliphatic carbocycles. The van der Waals surface area contributed by atoms with Crippen LogP contribution in [0.1, 0.15) is 37.2 Å². The number of imide groups is 2. The number of urea groups is 2. The number of hydrazone groups is 2. The molecule has 0 atom stereocenters. The van der Waals surface area contributed by atoms with Gasteiger partial charge in [-0.2, -0.15) is 10.2 Å². The zero-order chi connectivity index (χ0) is 39.9. The normalized spacial score (nSPS) is 17.8. The van der Waals surface area contributed by atoms with Crippen molar-refractivity contribution in [3.63, 3.8) is 0 Å². The lowest BCUT2D eigenvalue weighted by atomic mass is 10.2. The van der Waals surface area contributed by atoms with Crippen LogP contribution in [-0.4, -0.2) is 138 Å². The molecule has 0 unspecified atom stereocenters. The third kappa shape index (κ3) is 10.0. The molecule has 2 aromatic heterocycles. The van der Waals surface area contributed by atoms with Crippen LogP contribution in [0, 0.1) is 0 Å². The number of hydrogen-bond donors (Lipinski definition) is 0. The summed E-state index contributed by atoms with van der Waals surface area (Å²) in [6, 6.07) is 20.9. The van der Waals surface area contributed by atoms with Gasteiger partial charge < -0.3 is 13.3 Å². The molecule has 298 valence electrons. The molecule has 3 aliphatic rings. The molecule has 14 nitrogen and oxygen atoms in total. The minimum Gasteiger partial charge on any atom is -0.455 e.